The molecule has 1 fully saturated rings. The van der Waals surface area contributed by atoms with Gasteiger partial charge in [-0.2, -0.15) is 4.31 Å². The molecule has 1 heterocycles. The number of piperazine rings is 1. The number of halogens is 1. The summed E-state index contributed by atoms with van der Waals surface area (Å²) >= 11 is 6.12. The SMILES string of the molecule is Cc1c(Cl)cccc1NC(=O)[C@H](C)N1CCN(S(=O)(=O)Cc2ccccc2)CC1. The predicted octanol–water partition coefficient (Wildman–Crippen LogP) is 3.12. The molecule has 0 bridgehead atoms. The predicted molar refractivity (Wildman–Crippen MR) is 116 cm³/mol. The number of carbonyl (C=O) groups is 1. The fourth-order valence-corrected chi connectivity index (χ4v) is 5.08. The molecule has 0 radical (unpaired) electrons. The first kappa shape index (κ1) is 21.8. The van der Waals surface area contributed by atoms with Crippen LogP contribution in [-0.2, 0) is 20.6 Å². The van der Waals surface area contributed by atoms with Gasteiger partial charge < -0.3 is 5.32 Å². The van der Waals surface area contributed by atoms with Crippen molar-refractivity contribution in [1.82, 2.24) is 9.21 Å². The van der Waals surface area contributed by atoms with Crippen LogP contribution in [0.5, 0.6) is 0 Å². The van der Waals surface area contributed by atoms with Crippen LogP contribution in [-0.4, -0.2) is 55.8 Å². The molecule has 3 rings (SSSR count). The van der Waals surface area contributed by atoms with Gasteiger partial charge in [-0.05, 0) is 37.1 Å². The second-order valence-corrected chi connectivity index (χ2v) is 9.63. The third-order valence-electron chi connectivity index (χ3n) is 5.31. The molecule has 0 aliphatic carbocycles. The van der Waals surface area contributed by atoms with E-state index in [4.69, 9.17) is 11.6 Å². The number of hydrogen-bond donors (Lipinski definition) is 1. The lowest BCUT2D eigenvalue weighted by molar-refractivity contribution is -0.121. The van der Waals surface area contributed by atoms with Gasteiger partial charge >= 0.3 is 0 Å². The molecule has 8 heteroatoms. The summed E-state index contributed by atoms with van der Waals surface area (Å²) in [7, 11) is -3.37. The van der Waals surface area contributed by atoms with Crippen molar-refractivity contribution in [3.05, 3.63) is 64.7 Å². The second-order valence-electron chi connectivity index (χ2n) is 7.25. The number of nitrogens with one attached hydrogen (secondary N) is 1. The van der Waals surface area contributed by atoms with Gasteiger partial charge in [0.1, 0.15) is 0 Å². The summed E-state index contributed by atoms with van der Waals surface area (Å²) in [6.07, 6.45) is 0. The maximum atomic E-state index is 12.7. The summed E-state index contributed by atoms with van der Waals surface area (Å²) in [6.45, 7) is 5.47. The first-order chi connectivity index (χ1) is 13.8. The molecule has 1 saturated heterocycles. The number of nitrogens with zero attached hydrogens (tertiary/aromatic N) is 2. The molecule has 6 nitrogen and oxygen atoms in total. The maximum Gasteiger partial charge on any atom is 0.241 e. The van der Waals surface area contributed by atoms with E-state index in [1.807, 2.05) is 55.1 Å². The minimum Gasteiger partial charge on any atom is -0.324 e. The molecule has 2 aromatic carbocycles. The van der Waals surface area contributed by atoms with Gasteiger partial charge in [-0.3, -0.25) is 9.69 Å². The van der Waals surface area contributed by atoms with E-state index in [0.717, 1.165) is 11.1 Å². The molecular weight excluding hydrogens is 410 g/mol. The summed E-state index contributed by atoms with van der Waals surface area (Å²) in [6, 6.07) is 14.2. The molecule has 1 aliphatic heterocycles. The maximum absolute atomic E-state index is 12.7. The van der Waals surface area contributed by atoms with Gasteiger partial charge in [0.15, 0.2) is 0 Å². The Morgan fingerprint density at radius 2 is 1.72 bits per heavy atom. The molecule has 156 valence electrons. The minimum absolute atomic E-state index is 0.00206. The second kappa shape index (κ2) is 9.26. The van der Waals surface area contributed by atoms with Crippen LogP contribution in [0.1, 0.15) is 18.1 Å². The van der Waals surface area contributed by atoms with E-state index in [0.29, 0.717) is 36.9 Å². The van der Waals surface area contributed by atoms with E-state index in [1.165, 1.54) is 4.31 Å². The van der Waals surface area contributed by atoms with Crippen LogP contribution < -0.4 is 5.32 Å². The molecule has 1 aliphatic rings. The van der Waals surface area contributed by atoms with Gasteiger partial charge in [0.25, 0.3) is 0 Å². The first-order valence-electron chi connectivity index (χ1n) is 9.60. The molecule has 0 spiro atoms. The van der Waals surface area contributed by atoms with Crippen LogP contribution in [0.3, 0.4) is 0 Å². The molecular formula is C21H26ClN3O3S. The number of sulfonamides is 1. The number of carbonyl (C=O) groups excluding carboxylic acids is 1. The standard InChI is InChI=1S/C21H26ClN3O3S/c1-16-19(22)9-6-10-20(16)23-21(26)17(2)24-11-13-25(14-12-24)29(27,28)15-18-7-4-3-5-8-18/h3-10,17H,11-15H2,1-2H3,(H,23,26)/t17-/m0/s1. The van der Waals surface area contributed by atoms with E-state index in [9.17, 15) is 13.2 Å². The smallest absolute Gasteiger partial charge is 0.241 e. The van der Waals surface area contributed by atoms with Crippen LogP contribution in [0, 0.1) is 6.92 Å². The summed E-state index contributed by atoms with van der Waals surface area (Å²) in [5.74, 6) is -0.131. The van der Waals surface area contributed by atoms with Gasteiger partial charge in [-0.25, -0.2) is 8.42 Å². The molecule has 0 unspecified atom stereocenters. The molecule has 0 saturated carbocycles. The Labute approximate surface area is 177 Å². The summed E-state index contributed by atoms with van der Waals surface area (Å²) in [5.41, 5.74) is 2.30. The van der Waals surface area contributed by atoms with Crippen LogP contribution in [0.2, 0.25) is 5.02 Å². The van der Waals surface area contributed by atoms with Crippen LogP contribution >= 0.6 is 11.6 Å². The zero-order valence-corrected chi connectivity index (χ0v) is 18.2. The fraction of sp³-hybridized carbons (Fsp3) is 0.381. The number of hydrogen-bond acceptors (Lipinski definition) is 4. The van der Waals surface area contributed by atoms with Gasteiger partial charge in [0.2, 0.25) is 15.9 Å². The highest BCUT2D eigenvalue weighted by Gasteiger charge is 2.31. The Bertz CT molecular complexity index is 958. The van der Waals surface area contributed by atoms with Crippen molar-refractivity contribution in [1.29, 1.82) is 0 Å². The zero-order chi connectivity index (χ0) is 21.0. The van der Waals surface area contributed by atoms with E-state index in [-0.39, 0.29) is 17.7 Å². The van der Waals surface area contributed by atoms with Crippen molar-refractivity contribution >= 4 is 33.2 Å². The molecule has 0 aromatic heterocycles. The summed E-state index contributed by atoms with van der Waals surface area (Å²) in [4.78, 5) is 14.7. The van der Waals surface area contributed by atoms with Crippen LogP contribution in [0.15, 0.2) is 48.5 Å². The Morgan fingerprint density at radius 3 is 2.38 bits per heavy atom. The molecule has 29 heavy (non-hydrogen) atoms. The van der Waals surface area contributed by atoms with Gasteiger partial charge in [0, 0.05) is 36.9 Å². The van der Waals surface area contributed by atoms with E-state index < -0.39 is 10.0 Å². The number of amides is 1. The van der Waals surface area contributed by atoms with Crippen molar-refractivity contribution in [2.75, 3.05) is 31.5 Å². The van der Waals surface area contributed by atoms with E-state index in [1.54, 1.807) is 12.1 Å². The Kier molecular flexibility index (Phi) is 6.95. The quantitative estimate of drug-likeness (QED) is 0.756. The molecule has 2 aromatic rings. The van der Waals surface area contributed by atoms with Crippen molar-refractivity contribution in [3.8, 4) is 0 Å². The third kappa shape index (κ3) is 5.36. The van der Waals surface area contributed by atoms with Gasteiger partial charge in [0.05, 0.1) is 11.8 Å². The monoisotopic (exact) mass is 435 g/mol. The highest BCUT2D eigenvalue weighted by molar-refractivity contribution is 7.88. The number of anilines is 1. The third-order valence-corrected chi connectivity index (χ3v) is 7.57. The van der Waals surface area contributed by atoms with Crippen molar-refractivity contribution in [2.45, 2.75) is 25.6 Å². The highest BCUT2D eigenvalue weighted by atomic mass is 35.5. The van der Waals surface area contributed by atoms with Crippen molar-refractivity contribution in [3.63, 3.8) is 0 Å². The normalized spacial score (nSPS) is 17.1. The van der Waals surface area contributed by atoms with Crippen LogP contribution in [0.25, 0.3) is 0 Å². The Hall–Kier alpha value is -1.93. The minimum atomic E-state index is -3.37. The fourth-order valence-electron chi connectivity index (χ4n) is 3.39. The lowest BCUT2D eigenvalue weighted by Crippen LogP contribution is -2.54. The van der Waals surface area contributed by atoms with Crippen LogP contribution in [0.4, 0.5) is 5.69 Å². The number of benzene rings is 2. The van der Waals surface area contributed by atoms with Crippen molar-refractivity contribution in [2.24, 2.45) is 0 Å². The Morgan fingerprint density at radius 1 is 1.07 bits per heavy atom. The van der Waals surface area contributed by atoms with E-state index >= 15 is 0 Å². The lowest BCUT2D eigenvalue weighted by atomic mass is 10.1. The summed E-state index contributed by atoms with van der Waals surface area (Å²) < 4.78 is 26.9. The average Bonchev–Trinajstić information content (AvgIpc) is 2.71. The first-order valence-corrected chi connectivity index (χ1v) is 11.6. The largest absolute Gasteiger partial charge is 0.324 e. The van der Waals surface area contributed by atoms with Crippen molar-refractivity contribution < 1.29 is 13.2 Å². The van der Waals surface area contributed by atoms with Gasteiger partial charge in [-0.15, -0.1) is 0 Å². The molecule has 1 atom stereocenters. The number of rotatable bonds is 6. The Balaban J connectivity index is 1.57. The molecule has 1 N–H and O–H groups in total. The van der Waals surface area contributed by atoms with Gasteiger partial charge in [-0.1, -0.05) is 48.0 Å². The van der Waals surface area contributed by atoms with E-state index in [2.05, 4.69) is 5.32 Å². The molecule has 1 amide bonds. The highest BCUT2D eigenvalue weighted by Crippen LogP contribution is 2.23. The topological polar surface area (TPSA) is 69.7 Å². The average molecular weight is 436 g/mol. The summed E-state index contributed by atoms with van der Waals surface area (Å²) in [5, 5.41) is 3.53. The zero-order valence-electron chi connectivity index (χ0n) is 16.6. The lowest BCUT2D eigenvalue weighted by Gasteiger charge is -2.36.